The van der Waals surface area contributed by atoms with E-state index in [-0.39, 0.29) is 10.7 Å². The van der Waals surface area contributed by atoms with Gasteiger partial charge in [0.25, 0.3) is 11.8 Å². The van der Waals surface area contributed by atoms with Gasteiger partial charge in [0.15, 0.2) is 5.11 Å². The number of anilines is 1. The fourth-order valence-corrected chi connectivity index (χ4v) is 4.51. The summed E-state index contributed by atoms with van der Waals surface area (Å²) in [5.74, 6) is -0.916. The van der Waals surface area contributed by atoms with Gasteiger partial charge in [0.05, 0.1) is 5.69 Å². The Bertz CT molecular complexity index is 1300. The molecule has 5 nitrogen and oxygen atoms in total. The molecule has 32 heavy (non-hydrogen) atoms. The lowest BCUT2D eigenvalue weighted by molar-refractivity contribution is -0.122. The molecule has 6 heteroatoms. The summed E-state index contributed by atoms with van der Waals surface area (Å²) >= 11 is 5.30. The zero-order valence-corrected chi connectivity index (χ0v) is 19.6. The van der Waals surface area contributed by atoms with Gasteiger partial charge in [-0.2, -0.15) is 0 Å². The number of hydrogen-bond acceptors (Lipinski definition) is 3. The summed E-state index contributed by atoms with van der Waals surface area (Å²) in [6, 6.07) is 15.8. The fraction of sp³-hybridized carbons (Fsp3) is 0.192. The van der Waals surface area contributed by atoms with Crippen LogP contribution in [-0.2, 0) is 9.59 Å². The van der Waals surface area contributed by atoms with Crippen LogP contribution < -0.4 is 10.2 Å². The molecule has 1 fully saturated rings. The molecule has 0 atom stereocenters. The molecule has 4 rings (SSSR count). The van der Waals surface area contributed by atoms with Crippen LogP contribution in [0.1, 0.15) is 33.6 Å². The van der Waals surface area contributed by atoms with Gasteiger partial charge in [-0.15, -0.1) is 0 Å². The van der Waals surface area contributed by atoms with Crippen molar-refractivity contribution in [1.29, 1.82) is 0 Å². The Labute approximate surface area is 193 Å². The first-order valence-electron chi connectivity index (χ1n) is 10.4. The summed E-state index contributed by atoms with van der Waals surface area (Å²) in [5, 5.41) is 2.74. The van der Waals surface area contributed by atoms with E-state index < -0.39 is 11.8 Å². The Morgan fingerprint density at radius 3 is 2.16 bits per heavy atom. The third-order valence-corrected chi connectivity index (χ3v) is 5.88. The summed E-state index contributed by atoms with van der Waals surface area (Å²) in [7, 11) is 0. The molecule has 0 radical (unpaired) electrons. The summed E-state index contributed by atoms with van der Waals surface area (Å²) in [6.07, 6.45) is 1.66. The number of benzene rings is 2. The van der Waals surface area contributed by atoms with Gasteiger partial charge in [0.1, 0.15) is 5.57 Å². The average molecular weight is 444 g/mol. The zero-order chi connectivity index (χ0) is 23.2. The lowest BCUT2D eigenvalue weighted by Gasteiger charge is -2.29. The quantitative estimate of drug-likeness (QED) is 0.358. The van der Waals surface area contributed by atoms with Crippen molar-refractivity contribution in [2.45, 2.75) is 34.6 Å². The van der Waals surface area contributed by atoms with Crippen LogP contribution in [0.3, 0.4) is 0 Å². The minimum absolute atomic E-state index is 0.0563. The first-order chi connectivity index (χ1) is 15.2. The van der Waals surface area contributed by atoms with Crippen molar-refractivity contribution >= 4 is 40.9 Å². The molecule has 1 aliphatic heterocycles. The van der Waals surface area contributed by atoms with E-state index in [9.17, 15) is 9.59 Å². The van der Waals surface area contributed by atoms with Crippen LogP contribution in [0, 0.1) is 34.6 Å². The van der Waals surface area contributed by atoms with Crippen LogP contribution in [-0.4, -0.2) is 21.5 Å². The molecular weight excluding hydrogens is 418 g/mol. The van der Waals surface area contributed by atoms with Crippen molar-refractivity contribution in [3.8, 4) is 5.69 Å². The molecule has 1 saturated heterocycles. The Balaban J connectivity index is 1.78. The Hall–Kier alpha value is -3.51. The maximum absolute atomic E-state index is 13.3. The number of carbonyl (C=O) groups excluding carboxylic acids is 2. The van der Waals surface area contributed by atoms with E-state index in [1.165, 1.54) is 16.0 Å². The zero-order valence-electron chi connectivity index (χ0n) is 18.8. The number of rotatable bonds is 3. The molecule has 2 amide bonds. The van der Waals surface area contributed by atoms with Gasteiger partial charge in [0.2, 0.25) is 0 Å². The Morgan fingerprint density at radius 1 is 0.844 bits per heavy atom. The van der Waals surface area contributed by atoms with Gasteiger partial charge < -0.3 is 4.57 Å². The maximum Gasteiger partial charge on any atom is 0.270 e. The highest BCUT2D eigenvalue weighted by Crippen LogP contribution is 2.27. The lowest BCUT2D eigenvalue weighted by Crippen LogP contribution is -2.54. The second-order valence-corrected chi connectivity index (χ2v) is 8.69. The SMILES string of the molecule is Cc1cccc(N2C(=O)C(=Cc3cc(C)n(-c4cc(C)cc(C)c4)c3C)C(=O)NC2=S)c1. The first-order valence-corrected chi connectivity index (χ1v) is 10.8. The van der Waals surface area contributed by atoms with E-state index in [1.54, 1.807) is 12.1 Å². The van der Waals surface area contributed by atoms with Crippen molar-refractivity contribution in [3.63, 3.8) is 0 Å². The van der Waals surface area contributed by atoms with Crippen LogP contribution in [0.15, 0.2) is 54.1 Å². The highest BCUT2D eigenvalue weighted by atomic mass is 32.1. The van der Waals surface area contributed by atoms with Crippen molar-refractivity contribution in [2.24, 2.45) is 0 Å². The minimum Gasteiger partial charge on any atom is -0.318 e. The lowest BCUT2D eigenvalue weighted by atomic mass is 10.1. The van der Waals surface area contributed by atoms with Gasteiger partial charge in [-0.05, 0) is 105 Å². The second kappa shape index (κ2) is 8.20. The highest BCUT2D eigenvalue weighted by Gasteiger charge is 2.34. The molecule has 1 aromatic heterocycles. The molecule has 1 N–H and O–H groups in total. The summed E-state index contributed by atoms with van der Waals surface area (Å²) in [5.41, 5.74) is 7.89. The third-order valence-electron chi connectivity index (χ3n) is 5.60. The van der Waals surface area contributed by atoms with E-state index in [0.717, 1.165) is 28.2 Å². The number of thiocarbonyl (C=S) groups is 1. The monoisotopic (exact) mass is 443 g/mol. The van der Waals surface area contributed by atoms with Gasteiger partial charge in [-0.3, -0.25) is 19.8 Å². The topological polar surface area (TPSA) is 54.3 Å². The molecule has 0 spiro atoms. The molecule has 1 aliphatic rings. The smallest absolute Gasteiger partial charge is 0.270 e. The molecule has 0 saturated carbocycles. The fourth-order valence-electron chi connectivity index (χ4n) is 4.23. The van der Waals surface area contributed by atoms with Crippen molar-refractivity contribution < 1.29 is 9.59 Å². The van der Waals surface area contributed by atoms with Crippen LogP contribution in [0.4, 0.5) is 5.69 Å². The highest BCUT2D eigenvalue weighted by molar-refractivity contribution is 7.80. The van der Waals surface area contributed by atoms with E-state index in [4.69, 9.17) is 12.2 Å². The van der Waals surface area contributed by atoms with E-state index >= 15 is 0 Å². The van der Waals surface area contributed by atoms with Gasteiger partial charge in [-0.1, -0.05) is 18.2 Å². The van der Waals surface area contributed by atoms with Gasteiger partial charge in [-0.25, -0.2) is 0 Å². The molecule has 162 valence electrons. The van der Waals surface area contributed by atoms with E-state index in [1.807, 2.05) is 45.0 Å². The van der Waals surface area contributed by atoms with Crippen LogP contribution in [0.25, 0.3) is 11.8 Å². The first kappa shape index (κ1) is 21.7. The Morgan fingerprint density at radius 2 is 1.50 bits per heavy atom. The number of hydrogen-bond donors (Lipinski definition) is 1. The van der Waals surface area contributed by atoms with Crippen LogP contribution in [0.2, 0.25) is 0 Å². The largest absolute Gasteiger partial charge is 0.318 e. The second-order valence-electron chi connectivity index (χ2n) is 8.30. The van der Waals surface area contributed by atoms with E-state index in [0.29, 0.717) is 5.69 Å². The molecule has 2 heterocycles. The molecule has 3 aromatic rings. The maximum atomic E-state index is 13.3. The predicted octanol–water partition coefficient (Wildman–Crippen LogP) is 4.85. The van der Waals surface area contributed by atoms with E-state index in [2.05, 4.69) is 41.9 Å². The molecule has 0 unspecified atom stereocenters. The standard InChI is InChI=1S/C26H25N3O2S/c1-15-7-6-8-21(10-15)29-25(31)23(24(30)27-26(29)32)14-20-13-18(4)28(19(20)5)22-11-16(2)9-17(3)12-22/h6-14H,1-5H3,(H,27,30,32). The van der Waals surface area contributed by atoms with Crippen LogP contribution >= 0.6 is 12.2 Å². The number of nitrogens with one attached hydrogen (secondary N) is 1. The van der Waals surface area contributed by atoms with Crippen molar-refractivity contribution in [2.75, 3.05) is 4.90 Å². The number of carbonyl (C=O) groups is 2. The summed E-state index contributed by atoms with van der Waals surface area (Å²) in [6.45, 7) is 10.1. The van der Waals surface area contributed by atoms with Crippen LogP contribution in [0.5, 0.6) is 0 Å². The van der Waals surface area contributed by atoms with Gasteiger partial charge >= 0.3 is 0 Å². The predicted molar refractivity (Wildman–Crippen MR) is 132 cm³/mol. The minimum atomic E-state index is -0.486. The normalized spacial score (nSPS) is 15.5. The number of amides is 2. The third kappa shape index (κ3) is 3.89. The Kier molecular flexibility index (Phi) is 5.57. The molecule has 0 aliphatic carbocycles. The van der Waals surface area contributed by atoms with Gasteiger partial charge in [0, 0.05) is 17.1 Å². The summed E-state index contributed by atoms with van der Waals surface area (Å²) in [4.78, 5) is 27.4. The number of aromatic nitrogens is 1. The molecular formula is C26H25N3O2S. The summed E-state index contributed by atoms with van der Waals surface area (Å²) < 4.78 is 2.14. The molecule has 0 bridgehead atoms. The number of nitrogens with zero attached hydrogens (tertiary/aromatic N) is 2. The number of aryl methyl sites for hydroxylation is 4. The average Bonchev–Trinajstić information content (AvgIpc) is 2.97. The van der Waals surface area contributed by atoms with Crippen molar-refractivity contribution in [1.82, 2.24) is 9.88 Å². The molecule has 2 aromatic carbocycles. The van der Waals surface area contributed by atoms with Crippen molar-refractivity contribution in [3.05, 3.63) is 87.7 Å².